The van der Waals surface area contributed by atoms with Crippen molar-refractivity contribution in [3.05, 3.63) is 16.6 Å². The minimum atomic E-state index is -2.16. The highest BCUT2D eigenvalue weighted by molar-refractivity contribution is 7.44. The van der Waals surface area contributed by atoms with Crippen molar-refractivity contribution in [2.24, 2.45) is 51.3 Å². The summed E-state index contributed by atoms with van der Waals surface area (Å²) in [6.45, 7) is 13.4. The van der Waals surface area contributed by atoms with Crippen LogP contribution in [0.5, 0.6) is 0 Å². The van der Waals surface area contributed by atoms with Gasteiger partial charge in [0.2, 0.25) is 0 Å². The van der Waals surface area contributed by atoms with E-state index in [1.54, 1.807) is 5.57 Å². The third-order valence-corrected chi connectivity index (χ3v) is 12.7. The van der Waals surface area contributed by atoms with Gasteiger partial charge >= 0.3 is 14.6 Å². The summed E-state index contributed by atoms with van der Waals surface area (Å²) >= 11 is 0. The Morgan fingerprint density at radius 3 is 2.60 bits per heavy atom. The summed E-state index contributed by atoms with van der Waals surface area (Å²) in [4.78, 5) is 34.1. The molecular weight excluding hydrogens is 547 g/mol. The number of carbonyl (C=O) groups is 1. The maximum absolute atomic E-state index is 12.5. The number of rotatable bonds is 15. The molecule has 0 radical (unpaired) electrons. The van der Waals surface area contributed by atoms with Crippen molar-refractivity contribution in [3.63, 3.8) is 0 Å². The Balaban J connectivity index is 1.22. The highest BCUT2D eigenvalue weighted by Crippen LogP contribution is 2.67. The molecule has 3 saturated carbocycles. The summed E-state index contributed by atoms with van der Waals surface area (Å²) in [5.41, 5.74) is 2.35. The first-order valence-corrected chi connectivity index (χ1v) is 18.3. The molecule has 0 aromatic heterocycles. The number of carbonyl (C=O) groups excluding carboxylic acids is 1. The lowest BCUT2D eigenvalue weighted by Crippen LogP contribution is -2.51. The average Bonchev–Trinajstić information content (AvgIpc) is 3.31. The Morgan fingerprint density at radius 1 is 1.05 bits per heavy atom. The van der Waals surface area contributed by atoms with Crippen molar-refractivity contribution in [3.8, 4) is 0 Å². The molecule has 1 amide bonds. The zero-order valence-electron chi connectivity index (χ0n) is 27.1. The molecule has 8 heteroatoms. The van der Waals surface area contributed by atoms with Crippen molar-refractivity contribution >= 4 is 14.6 Å². The van der Waals surface area contributed by atoms with E-state index in [0.29, 0.717) is 18.6 Å². The molecule has 4 aliphatic rings. The quantitative estimate of drug-likeness (QED) is 0.0837. The first kappa shape index (κ1) is 33.8. The molecule has 7 nitrogen and oxygen atoms in total. The number of nitrogens with zero attached hydrogens (tertiary/aromatic N) is 1. The zero-order chi connectivity index (χ0) is 30.3. The normalized spacial score (nSPS) is 35.4. The van der Waals surface area contributed by atoms with Gasteiger partial charge in [-0.3, -0.25) is 0 Å². The van der Waals surface area contributed by atoms with E-state index in [-0.39, 0.29) is 17.6 Å². The fourth-order valence-electron chi connectivity index (χ4n) is 9.89. The molecular formula is C34H59N2O5P. The van der Waals surface area contributed by atoms with Crippen LogP contribution in [0.2, 0.25) is 0 Å². The molecule has 4 rings (SSSR count). The average molecular weight is 607 g/mol. The minimum absolute atomic E-state index is 0.0192. The van der Waals surface area contributed by atoms with Crippen LogP contribution in [0.3, 0.4) is 0 Å². The molecule has 0 aliphatic heterocycles. The van der Waals surface area contributed by atoms with Crippen LogP contribution in [0.1, 0.15) is 131 Å². The molecule has 42 heavy (non-hydrogen) atoms. The van der Waals surface area contributed by atoms with Gasteiger partial charge in [0.05, 0.1) is 6.61 Å². The second-order valence-electron chi connectivity index (χ2n) is 15.1. The predicted octanol–water partition coefficient (Wildman–Crippen LogP) is 9.69. The third kappa shape index (κ3) is 7.96. The molecule has 0 bridgehead atoms. The minimum Gasteiger partial charge on any atom is -0.446 e. The number of hydrogen-bond acceptors (Lipinski definition) is 6. The highest BCUT2D eigenvalue weighted by atomic mass is 31.2. The number of alkyl carbamates (subject to hydrolysis) is 1. The number of allylic oxidation sites excluding steroid dienone is 1. The summed E-state index contributed by atoms with van der Waals surface area (Å²) in [6.07, 6.45) is 19.7. The lowest BCUT2D eigenvalue weighted by Gasteiger charge is -2.58. The standard InChI is InChI=1S/C34H59N2O5P/c1-24(2)11-10-12-25(3)29-15-16-30-28-14-13-26-23-27(17-19-33(26,4)31(28)18-20-34(29,30)5)41-32(37)35-21-8-6-7-9-22-40-42(39)36-38/h13,24-25,27-31,39H,6-12,14-23H2,1-5H3,(H,35,37)/t25?,27-,28?,29+,30?,31?,33-,34+,42?/m0/s1. The summed E-state index contributed by atoms with van der Waals surface area (Å²) in [5, 5.41) is 2.93. The Hall–Kier alpha value is -1.04. The molecule has 0 aromatic rings. The van der Waals surface area contributed by atoms with Crippen molar-refractivity contribution in [1.82, 2.24) is 5.32 Å². The molecule has 0 saturated heterocycles. The van der Waals surface area contributed by atoms with E-state index in [9.17, 15) is 9.70 Å². The van der Waals surface area contributed by atoms with Crippen molar-refractivity contribution in [2.45, 2.75) is 137 Å². The van der Waals surface area contributed by atoms with E-state index in [4.69, 9.17) is 14.2 Å². The van der Waals surface area contributed by atoms with Crippen LogP contribution < -0.4 is 5.32 Å². The topological polar surface area (TPSA) is 97.2 Å². The number of nitrogens with one attached hydrogen (secondary N) is 1. The zero-order valence-corrected chi connectivity index (χ0v) is 28.0. The molecule has 3 fully saturated rings. The third-order valence-electron chi connectivity index (χ3n) is 12.2. The lowest BCUT2D eigenvalue weighted by molar-refractivity contribution is -0.0581. The van der Waals surface area contributed by atoms with Crippen LogP contribution in [-0.2, 0) is 9.26 Å². The Morgan fingerprint density at radius 2 is 1.83 bits per heavy atom. The van der Waals surface area contributed by atoms with E-state index >= 15 is 0 Å². The van der Waals surface area contributed by atoms with E-state index in [1.807, 2.05) is 0 Å². The van der Waals surface area contributed by atoms with Crippen molar-refractivity contribution in [1.29, 1.82) is 0 Å². The Kier molecular flexibility index (Phi) is 12.3. The summed E-state index contributed by atoms with van der Waals surface area (Å²) in [7, 11) is -2.16. The predicted molar refractivity (Wildman–Crippen MR) is 171 cm³/mol. The molecule has 2 N–H and O–H groups in total. The van der Waals surface area contributed by atoms with E-state index in [0.717, 1.165) is 80.5 Å². The summed E-state index contributed by atoms with van der Waals surface area (Å²) < 4.78 is 10.8. The number of hydrogen-bond donors (Lipinski definition) is 2. The second-order valence-corrected chi connectivity index (χ2v) is 16.0. The lowest BCUT2D eigenvalue weighted by atomic mass is 9.47. The molecule has 9 atom stereocenters. The van der Waals surface area contributed by atoms with Gasteiger partial charge in [-0.05, 0) is 104 Å². The van der Waals surface area contributed by atoms with Gasteiger partial charge in [0.25, 0.3) is 0 Å². The highest BCUT2D eigenvalue weighted by Gasteiger charge is 2.59. The molecule has 0 heterocycles. The SMILES string of the molecule is CC(C)CCCC(C)[C@H]1CCC2C3CC=C4C[C@@H](OC(=O)NCCCCCCOP(O)N=O)CC[C@]4(C)C3CC[C@@]21C. The number of fused-ring (bicyclic) bond motifs is 5. The first-order chi connectivity index (χ1) is 20.1. The van der Waals surface area contributed by atoms with Gasteiger partial charge < -0.3 is 19.5 Å². The molecule has 0 aromatic carbocycles. The maximum atomic E-state index is 12.5. The van der Waals surface area contributed by atoms with E-state index in [2.05, 4.69) is 51.0 Å². The number of nitroso groups, excluding NO2 is 1. The van der Waals surface area contributed by atoms with E-state index in [1.165, 1.54) is 51.4 Å². The molecule has 4 aliphatic carbocycles. The first-order valence-electron chi connectivity index (χ1n) is 17.2. The van der Waals surface area contributed by atoms with Crippen LogP contribution in [0.15, 0.2) is 16.6 Å². The maximum Gasteiger partial charge on any atom is 0.407 e. The number of amides is 1. The van der Waals surface area contributed by atoms with Gasteiger partial charge in [-0.15, -0.1) is 4.91 Å². The molecule has 240 valence electrons. The monoisotopic (exact) mass is 606 g/mol. The fourth-order valence-corrected chi connectivity index (χ4v) is 10.2. The molecule has 0 spiro atoms. The smallest absolute Gasteiger partial charge is 0.407 e. The van der Waals surface area contributed by atoms with Gasteiger partial charge in [-0.1, -0.05) is 78.4 Å². The van der Waals surface area contributed by atoms with Crippen LogP contribution in [0.25, 0.3) is 0 Å². The molecule has 5 unspecified atom stereocenters. The van der Waals surface area contributed by atoms with Gasteiger partial charge in [0, 0.05) is 17.9 Å². The van der Waals surface area contributed by atoms with Crippen molar-refractivity contribution in [2.75, 3.05) is 13.2 Å². The van der Waals surface area contributed by atoms with Crippen LogP contribution in [0.4, 0.5) is 4.79 Å². The fraction of sp³-hybridized carbons (Fsp3) is 0.912. The second kappa shape index (κ2) is 15.3. The van der Waals surface area contributed by atoms with Crippen LogP contribution in [0, 0.1) is 51.2 Å². The number of unbranched alkanes of at least 4 members (excludes halogenated alkanes) is 3. The van der Waals surface area contributed by atoms with Gasteiger partial charge in [-0.2, -0.15) is 0 Å². The van der Waals surface area contributed by atoms with Gasteiger partial charge in [0.15, 0.2) is 0 Å². The Bertz CT molecular complexity index is 930. The largest absolute Gasteiger partial charge is 0.446 e. The van der Waals surface area contributed by atoms with Crippen LogP contribution >= 0.6 is 8.53 Å². The van der Waals surface area contributed by atoms with Crippen LogP contribution in [-0.4, -0.2) is 30.2 Å². The van der Waals surface area contributed by atoms with Gasteiger partial charge in [-0.25, -0.2) is 4.79 Å². The summed E-state index contributed by atoms with van der Waals surface area (Å²) in [6, 6.07) is 0. The van der Waals surface area contributed by atoms with E-state index < -0.39 is 8.53 Å². The Labute approximate surface area is 256 Å². The summed E-state index contributed by atoms with van der Waals surface area (Å²) in [5.74, 6) is 5.04. The number of ether oxygens (including phenoxy) is 1. The van der Waals surface area contributed by atoms with Gasteiger partial charge in [0.1, 0.15) is 6.10 Å². The van der Waals surface area contributed by atoms with Crippen molar-refractivity contribution < 1.29 is 18.9 Å².